The Morgan fingerprint density at radius 1 is 1.57 bits per heavy atom. The standard InChI is InChI=1S/C8H7ClF3NO/c1-14-8-6(7(11)12)4(3-9)2-5(10)13-8/h2,7H,3H2,1H3. The minimum atomic E-state index is -2.79. The first kappa shape index (κ1) is 11.1. The van der Waals surface area contributed by atoms with Gasteiger partial charge in [0.2, 0.25) is 11.8 Å². The molecule has 1 rings (SSSR count). The number of alkyl halides is 3. The van der Waals surface area contributed by atoms with Gasteiger partial charge in [-0.2, -0.15) is 9.37 Å². The maximum absolute atomic E-state index is 12.8. The van der Waals surface area contributed by atoms with E-state index in [4.69, 9.17) is 11.6 Å². The van der Waals surface area contributed by atoms with E-state index in [2.05, 4.69) is 9.72 Å². The zero-order chi connectivity index (χ0) is 10.7. The molecule has 0 aromatic carbocycles. The summed E-state index contributed by atoms with van der Waals surface area (Å²) < 4.78 is 42.3. The van der Waals surface area contributed by atoms with E-state index in [0.717, 1.165) is 13.2 Å². The van der Waals surface area contributed by atoms with Gasteiger partial charge in [0.05, 0.1) is 12.7 Å². The molecule has 1 aromatic rings. The zero-order valence-corrected chi connectivity index (χ0v) is 7.99. The number of pyridine rings is 1. The van der Waals surface area contributed by atoms with Gasteiger partial charge in [-0.05, 0) is 11.6 Å². The summed E-state index contributed by atoms with van der Waals surface area (Å²) in [5.74, 6) is -1.52. The van der Waals surface area contributed by atoms with Crippen molar-refractivity contribution >= 4 is 11.6 Å². The Hall–Kier alpha value is -0.970. The summed E-state index contributed by atoms with van der Waals surface area (Å²) in [6, 6.07) is 0.872. The van der Waals surface area contributed by atoms with E-state index in [1.165, 1.54) is 0 Å². The Bertz CT molecular complexity index is 307. The molecule has 78 valence electrons. The fourth-order valence-corrected chi connectivity index (χ4v) is 1.27. The van der Waals surface area contributed by atoms with Crippen molar-refractivity contribution in [3.05, 3.63) is 23.1 Å². The number of ether oxygens (including phenoxy) is 1. The van der Waals surface area contributed by atoms with Gasteiger partial charge in [-0.3, -0.25) is 0 Å². The summed E-state index contributed by atoms with van der Waals surface area (Å²) in [4.78, 5) is 3.19. The smallest absolute Gasteiger partial charge is 0.269 e. The van der Waals surface area contributed by atoms with Crippen LogP contribution in [0.2, 0.25) is 0 Å². The first-order valence-electron chi connectivity index (χ1n) is 3.67. The second-order valence-electron chi connectivity index (χ2n) is 2.46. The van der Waals surface area contributed by atoms with E-state index in [1.54, 1.807) is 0 Å². The minimum absolute atomic E-state index is 0.00832. The topological polar surface area (TPSA) is 22.1 Å². The van der Waals surface area contributed by atoms with E-state index >= 15 is 0 Å². The molecule has 0 fully saturated rings. The van der Waals surface area contributed by atoms with E-state index in [0.29, 0.717) is 0 Å². The molecule has 6 heteroatoms. The van der Waals surface area contributed by atoms with Crippen molar-refractivity contribution in [3.8, 4) is 5.88 Å². The van der Waals surface area contributed by atoms with Crippen molar-refractivity contribution in [2.75, 3.05) is 7.11 Å². The van der Waals surface area contributed by atoms with Gasteiger partial charge in [-0.15, -0.1) is 11.6 Å². The summed E-state index contributed by atoms with van der Waals surface area (Å²) >= 11 is 5.39. The summed E-state index contributed by atoms with van der Waals surface area (Å²) in [5, 5.41) is 0. The highest BCUT2D eigenvalue weighted by atomic mass is 35.5. The Morgan fingerprint density at radius 2 is 2.21 bits per heavy atom. The maximum atomic E-state index is 12.8. The molecule has 0 N–H and O–H groups in total. The second-order valence-corrected chi connectivity index (χ2v) is 2.73. The van der Waals surface area contributed by atoms with E-state index in [-0.39, 0.29) is 11.4 Å². The molecule has 0 aliphatic heterocycles. The largest absolute Gasteiger partial charge is 0.481 e. The van der Waals surface area contributed by atoms with Gasteiger partial charge in [0.25, 0.3) is 6.43 Å². The number of nitrogens with zero attached hydrogens (tertiary/aromatic N) is 1. The van der Waals surface area contributed by atoms with Crippen LogP contribution in [0.3, 0.4) is 0 Å². The lowest BCUT2D eigenvalue weighted by molar-refractivity contribution is 0.144. The molecule has 1 aromatic heterocycles. The average Bonchev–Trinajstić information content (AvgIpc) is 2.15. The van der Waals surface area contributed by atoms with Crippen LogP contribution in [0.25, 0.3) is 0 Å². The molecule has 1 heterocycles. The van der Waals surface area contributed by atoms with Crippen molar-refractivity contribution in [2.45, 2.75) is 12.3 Å². The number of aromatic nitrogens is 1. The third-order valence-corrected chi connectivity index (χ3v) is 1.92. The van der Waals surface area contributed by atoms with Gasteiger partial charge in [-0.25, -0.2) is 8.78 Å². The number of methoxy groups -OCH3 is 1. The van der Waals surface area contributed by atoms with Crippen LogP contribution in [-0.2, 0) is 5.88 Å². The van der Waals surface area contributed by atoms with Crippen LogP contribution in [0.5, 0.6) is 5.88 Å². The Labute approximate surface area is 83.7 Å². The number of halogens is 4. The molecule has 0 unspecified atom stereocenters. The molecule has 0 saturated carbocycles. The van der Waals surface area contributed by atoms with Crippen LogP contribution in [0.1, 0.15) is 17.6 Å². The number of rotatable bonds is 3. The predicted octanol–water partition coefficient (Wildman–Crippen LogP) is 2.91. The monoisotopic (exact) mass is 225 g/mol. The van der Waals surface area contributed by atoms with E-state index < -0.39 is 23.8 Å². The van der Waals surface area contributed by atoms with Crippen LogP contribution < -0.4 is 4.74 Å². The van der Waals surface area contributed by atoms with Crippen molar-refractivity contribution in [2.24, 2.45) is 0 Å². The van der Waals surface area contributed by atoms with Crippen molar-refractivity contribution in [3.63, 3.8) is 0 Å². The lowest BCUT2D eigenvalue weighted by atomic mass is 10.1. The van der Waals surface area contributed by atoms with E-state index in [9.17, 15) is 13.2 Å². The molecule has 0 saturated heterocycles. The Balaban J connectivity index is 3.33. The number of hydrogen-bond acceptors (Lipinski definition) is 2. The lowest BCUT2D eigenvalue weighted by Crippen LogP contribution is -2.02. The molecule has 0 amide bonds. The summed E-state index contributed by atoms with van der Waals surface area (Å²) in [6.07, 6.45) is -2.79. The molecule has 0 atom stereocenters. The van der Waals surface area contributed by atoms with Crippen LogP contribution in [-0.4, -0.2) is 12.1 Å². The highest BCUT2D eigenvalue weighted by Crippen LogP contribution is 2.31. The van der Waals surface area contributed by atoms with Crippen molar-refractivity contribution in [1.29, 1.82) is 0 Å². The molecule has 0 spiro atoms. The number of hydrogen-bond donors (Lipinski definition) is 0. The molecular weight excluding hydrogens is 219 g/mol. The van der Waals surface area contributed by atoms with Gasteiger partial charge in [0, 0.05) is 5.88 Å². The SMILES string of the molecule is COc1nc(F)cc(CCl)c1C(F)F. The third-order valence-electron chi connectivity index (χ3n) is 1.63. The summed E-state index contributed by atoms with van der Waals surface area (Å²) in [6.45, 7) is 0. The molecule has 2 nitrogen and oxygen atoms in total. The first-order valence-corrected chi connectivity index (χ1v) is 4.21. The molecule has 0 bridgehead atoms. The quantitative estimate of drug-likeness (QED) is 0.583. The normalized spacial score (nSPS) is 10.7. The second kappa shape index (κ2) is 4.50. The third kappa shape index (κ3) is 2.09. The predicted molar refractivity (Wildman–Crippen MR) is 45.3 cm³/mol. The average molecular weight is 226 g/mol. The molecule has 0 radical (unpaired) electrons. The lowest BCUT2D eigenvalue weighted by Gasteiger charge is -2.10. The molecular formula is C8H7ClF3NO. The summed E-state index contributed by atoms with van der Waals surface area (Å²) in [5.41, 5.74) is -0.463. The highest BCUT2D eigenvalue weighted by Gasteiger charge is 2.21. The fraction of sp³-hybridized carbons (Fsp3) is 0.375. The van der Waals surface area contributed by atoms with Crippen LogP contribution in [0, 0.1) is 5.95 Å². The van der Waals surface area contributed by atoms with E-state index in [1.807, 2.05) is 0 Å². The molecule has 14 heavy (non-hydrogen) atoms. The van der Waals surface area contributed by atoms with Crippen LogP contribution in [0.15, 0.2) is 6.07 Å². The highest BCUT2D eigenvalue weighted by molar-refractivity contribution is 6.17. The maximum Gasteiger partial charge on any atom is 0.269 e. The van der Waals surface area contributed by atoms with Crippen LogP contribution in [0.4, 0.5) is 13.2 Å². The van der Waals surface area contributed by atoms with Gasteiger partial charge >= 0.3 is 0 Å². The van der Waals surface area contributed by atoms with Crippen molar-refractivity contribution in [1.82, 2.24) is 4.98 Å². The fourth-order valence-electron chi connectivity index (χ4n) is 1.05. The first-order chi connectivity index (χ1) is 6.60. The molecule has 0 aliphatic rings. The van der Waals surface area contributed by atoms with Gasteiger partial charge < -0.3 is 4.74 Å². The minimum Gasteiger partial charge on any atom is -0.481 e. The van der Waals surface area contributed by atoms with Gasteiger partial charge in [0.1, 0.15) is 0 Å². The van der Waals surface area contributed by atoms with Gasteiger partial charge in [0.15, 0.2) is 0 Å². The van der Waals surface area contributed by atoms with Crippen LogP contribution >= 0.6 is 11.6 Å². The molecule has 0 aliphatic carbocycles. The Morgan fingerprint density at radius 3 is 2.64 bits per heavy atom. The zero-order valence-electron chi connectivity index (χ0n) is 7.23. The Kier molecular flexibility index (Phi) is 3.57. The van der Waals surface area contributed by atoms with Crippen molar-refractivity contribution < 1.29 is 17.9 Å². The summed E-state index contributed by atoms with van der Waals surface area (Å²) in [7, 11) is 1.14. The van der Waals surface area contributed by atoms with Gasteiger partial charge in [-0.1, -0.05) is 0 Å².